The van der Waals surface area contributed by atoms with Gasteiger partial charge in [-0.25, -0.2) is 0 Å². The van der Waals surface area contributed by atoms with Crippen LogP contribution in [0.5, 0.6) is 11.5 Å². The lowest BCUT2D eigenvalue weighted by atomic mass is 10.2. The number of anilines is 2. The Kier molecular flexibility index (Phi) is 7.22. The number of para-hydroxylation sites is 1. The van der Waals surface area contributed by atoms with Gasteiger partial charge in [0.25, 0.3) is 5.91 Å². The molecule has 7 heteroatoms. The van der Waals surface area contributed by atoms with Crippen LogP contribution in [0, 0.1) is 0 Å². The Labute approximate surface area is 179 Å². The molecule has 3 rings (SSSR count). The Morgan fingerprint density at radius 3 is 2.38 bits per heavy atom. The zero-order valence-electron chi connectivity index (χ0n) is 15.7. The minimum atomic E-state index is -0.289. The zero-order valence-corrected chi connectivity index (χ0v) is 17.3. The first-order chi connectivity index (χ1) is 14.0. The Morgan fingerprint density at radius 2 is 1.69 bits per heavy atom. The van der Waals surface area contributed by atoms with Gasteiger partial charge in [0.2, 0.25) is 0 Å². The number of methoxy groups -OCH3 is 1. The van der Waals surface area contributed by atoms with Crippen LogP contribution in [0.25, 0.3) is 0 Å². The van der Waals surface area contributed by atoms with E-state index >= 15 is 0 Å². The molecule has 0 aliphatic carbocycles. The highest BCUT2D eigenvalue weighted by Crippen LogP contribution is 2.36. The maximum atomic E-state index is 12.1. The molecule has 29 heavy (non-hydrogen) atoms. The van der Waals surface area contributed by atoms with Crippen LogP contribution in [0.15, 0.2) is 66.7 Å². The van der Waals surface area contributed by atoms with E-state index in [1.165, 1.54) is 7.11 Å². The van der Waals surface area contributed by atoms with E-state index in [2.05, 4.69) is 10.6 Å². The van der Waals surface area contributed by atoms with Crippen molar-refractivity contribution in [3.63, 3.8) is 0 Å². The highest BCUT2D eigenvalue weighted by atomic mass is 35.5. The molecule has 0 aliphatic heterocycles. The maximum absolute atomic E-state index is 12.1. The van der Waals surface area contributed by atoms with E-state index in [1.54, 1.807) is 18.2 Å². The van der Waals surface area contributed by atoms with E-state index in [-0.39, 0.29) is 12.5 Å². The van der Waals surface area contributed by atoms with Gasteiger partial charge in [-0.15, -0.1) is 0 Å². The van der Waals surface area contributed by atoms with Gasteiger partial charge in [-0.2, -0.15) is 0 Å². The molecule has 0 fully saturated rings. The molecule has 2 N–H and O–H groups in total. The third-order valence-electron chi connectivity index (χ3n) is 4.04. The van der Waals surface area contributed by atoms with Gasteiger partial charge in [0.05, 0.1) is 12.1 Å². The summed E-state index contributed by atoms with van der Waals surface area (Å²) in [5, 5.41) is 7.09. The molecule has 0 atom stereocenters. The number of carbonyl (C=O) groups is 1. The molecule has 0 saturated carbocycles. The standard InChI is InChI=1S/C22H20Cl2N2O3/c1-28-20-12-15(13-25-17-9-7-16(23)8-10-17)11-19(24)22(20)29-14-21(27)26-18-5-3-2-4-6-18/h2-12,25H,13-14H2,1H3,(H,26,27). The minimum absolute atomic E-state index is 0.187. The average molecular weight is 431 g/mol. The fourth-order valence-corrected chi connectivity index (χ4v) is 3.06. The summed E-state index contributed by atoms with van der Waals surface area (Å²) in [4.78, 5) is 12.1. The van der Waals surface area contributed by atoms with E-state index in [0.717, 1.165) is 11.3 Å². The molecule has 0 bridgehead atoms. The lowest BCUT2D eigenvalue weighted by Gasteiger charge is -2.15. The van der Waals surface area contributed by atoms with Crippen molar-refractivity contribution in [1.29, 1.82) is 0 Å². The highest BCUT2D eigenvalue weighted by molar-refractivity contribution is 6.32. The number of rotatable bonds is 8. The third-order valence-corrected chi connectivity index (χ3v) is 4.57. The molecule has 150 valence electrons. The zero-order chi connectivity index (χ0) is 20.6. The molecule has 0 aliphatic rings. The van der Waals surface area contributed by atoms with E-state index in [9.17, 15) is 4.79 Å². The summed E-state index contributed by atoms with van der Waals surface area (Å²) in [6.07, 6.45) is 0. The molecular weight excluding hydrogens is 411 g/mol. The summed E-state index contributed by atoms with van der Waals surface area (Å²) in [7, 11) is 1.53. The van der Waals surface area contributed by atoms with Crippen LogP contribution < -0.4 is 20.1 Å². The van der Waals surface area contributed by atoms with Crippen molar-refractivity contribution < 1.29 is 14.3 Å². The SMILES string of the molecule is COc1cc(CNc2ccc(Cl)cc2)cc(Cl)c1OCC(=O)Nc1ccccc1. The average Bonchev–Trinajstić information content (AvgIpc) is 2.73. The van der Waals surface area contributed by atoms with Crippen LogP contribution in [0.4, 0.5) is 11.4 Å². The number of hydrogen-bond donors (Lipinski definition) is 2. The smallest absolute Gasteiger partial charge is 0.262 e. The first-order valence-electron chi connectivity index (χ1n) is 8.88. The van der Waals surface area contributed by atoms with E-state index in [4.69, 9.17) is 32.7 Å². The highest BCUT2D eigenvalue weighted by Gasteiger charge is 2.14. The second kappa shape index (κ2) is 10.0. The second-order valence-corrected chi connectivity index (χ2v) is 7.02. The molecular formula is C22H20Cl2N2O3. The van der Waals surface area contributed by atoms with Crippen molar-refractivity contribution in [2.24, 2.45) is 0 Å². The van der Waals surface area contributed by atoms with Gasteiger partial charge in [-0.1, -0.05) is 41.4 Å². The van der Waals surface area contributed by atoms with Crippen molar-refractivity contribution in [2.75, 3.05) is 24.4 Å². The van der Waals surface area contributed by atoms with E-state index in [0.29, 0.717) is 33.8 Å². The first-order valence-corrected chi connectivity index (χ1v) is 9.64. The normalized spacial score (nSPS) is 10.3. The van der Waals surface area contributed by atoms with Crippen LogP contribution in [-0.2, 0) is 11.3 Å². The van der Waals surface area contributed by atoms with Crippen molar-refractivity contribution in [3.8, 4) is 11.5 Å². The van der Waals surface area contributed by atoms with Crippen molar-refractivity contribution >= 4 is 40.5 Å². The summed E-state index contributed by atoms with van der Waals surface area (Å²) < 4.78 is 11.0. The summed E-state index contributed by atoms with van der Waals surface area (Å²) in [6, 6.07) is 20.2. The topological polar surface area (TPSA) is 59.6 Å². The molecule has 5 nitrogen and oxygen atoms in total. The molecule has 3 aromatic rings. The lowest BCUT2D eigenvalue weighted by molar-refractivity contribution is -0.118. The van der Waals surface area contributed by atoms with Gasteiger partial charge in [0.1, 0.15) is 0 Å². The summed E-state index contributed by atoms with van der Waals surface area (Å²) >= 11 is 12.3. The number of hydrogen-bond acceptors (Lipinski definition) is 4. The van der Waals surface area contributed by atoms with Gasteiger partial charge in [-0.3, -0.25) is 4.79 Å². The van der Waals surface area contributed by atoms with Crippen LogP contribution in [0.1, 0.15) is 5.56 Å². The predicted octanol–water partition coefficient (Wildman–Crippen LogP) is 5.63. The summed E-state index contributed by atoms with van der Waals surface area (Å²) in [6.45, 7) is 0.347. The number of halogens is 2. The minimum Gasteiger partial charge on any atom is -0.493 e. The van der Waals surface area contributed by atoms with Gasteiger partial charge in [0.15, 0.2) is 18.1 Å². The number of ether oxygens (including phenoxy) is 2. The van der Waals surface area contributed by atoms with Crippen LogP contribution >= 0.6 is 23.2 Å². The molecule has 0 unspecified atom stereocenters. The fourth-order valence-electron chi connectivity index (χ4n) is 2.64. The summed E-state index contributed by atoms with van der Waals surface area (Å²) in [5.41, 5.74) is 2.54. The van der Waals surface area contributed by atoms with Crippen molar-refractivity contribution in [2.45, 2.75) is 6.54 Å². The molecule has 0 spiro atoms. The van der Waals surface area contributed by atoms with Crippen LogP contribution in [0.3, 0.4) is 0 Å². The van der Waals surface area contributed by atoms with Crippen LogP contribution in [-0.4, -0.2) is 19.6 Å². The third kappa shape index (κ3) is 6.04. The van der Waals surface area contributed by atoms with E-state index < -0.39 is 0 Å². The van der Waals surface area contributed by atoms with Gasteiger partial charge >= 0.3 is 0 Å². The largest absolute Gasteiger partial charge is 0.493 e. The first kappa shape index (κ1) is 20.8. The predicted molar refractivity (Wildman–Crippen MR) is 117 cm³/mol. The quantitative estimate of drug-likeness (QED) is 0.485. The maximum Gasteiger partial charge on any atom is 0.262 e. The Bertz CT molecular complexity index is 964. The Morgan fingerprint density at radius 1 is 0.966 bits per heavy atom. The second-order valence-electron chi connectivity index (χ2n) is 6.17. The Hall–Kier alpha value is -2.89. The summed E-state index contributed by atoms with van der Waals surface area (Å²) in [5.74, 6) is 0.494. The van der Waals surface area contributed by atoms with Crippen LogP contribution in [0.2, 0.25) is 10.0 Å². The molecule has 0 aromatic heterocycles. The molecule has 0 radical (unpaired) electrons. The lowest BCUT2D eigenvalue weighted by Crippen LogP contribution is -2.20. The van der Waals surface area contributed by atoms with Gasteiger partial charge in [0, 0.05) is 22.9 Å². The molecule has 3 aromatic carbocycles. The van der Waals surface area contributed by atoms with Gasteiger partial charge in [-0.05, 0) is 54.1 Å². The van der Waals surface area contributed by atoms with Crippen molar-refractivity contribution in [3.05, 3.63) is 82.3 Å². The van der Waals surface area contributed by atoms with E-state index in [1.807, 2.05) is 48.5 Å². The molecule has 0 heterocycles. The number of amides is 1. The van der Waals surface area contributed by atoms with Crippen molar-refractivity contribution in [1.82, 2.24) is 0 Å². The molecule has 0 saturated heterocycles. The monoisotopic (exact) mass is 430 g/mol. The number of carbonyl (C=O) groups excluding carboxylic acids is 1. The van der Waals surface area contributed by atoms with Gasteiger partial charge < -0.3 is 20.1 Å². The fraction of sp³-hybridized carbons (Fsp3) is 0.136. The molecule has 1 amide bonds. The number of nitrogens with one attached hydrogen (secondary N) is 2. The Balaban J connectivity index is 1.63. The number of benzene rings is 3.